The van der Waals surface area contributed by atoms with Gasteiger partial charge in [-0.3, -0.25) is 14.3 Å². The summed E-state index contributed by atoms with van der Waals surface area (Å²) in [6, 6.07) is 0. The Bertz CT molecular complexity index is 1280. The van der Waals surface area contributed by atoms with Crippen LogP contribution in [0.1, 0.15) is 31.5 Å². The van der Waals surface area contributed by atoms with E-state index in [1.54, 1.807) is 27.6 Å². The van der Waals surface area contributed by atoms with Crippen molar-refractivity contribution in [2.24, 2.45) is 0 Å². The van der Waals surface area contributed by atoms with Crippen LogP contribution in [-0.4, -0.2) is 80.1 Å². The summed E-state index contributed by atoms with van der Waals surface area (Å²) in [4.78, 5) is 35.8. The number of hydrogen-bond donors (Lipinski definition) is 1. The molecule has 0 aliphatic carbocycles. The first-order valence-corrected chi connectivity index (χ1v) is 11.4. The van der Waals surface area contributed by atoms with Crippen molar-refractivity contribution in [1.29, 1.82) is 0 Å². The Morgan fingerprint density at radius 1 is 1.11 bits per heavy atom. The molecule has 3 aromatic rings. The number of carbonyl (C=O) groups is 1. The number of anilines is 1. The second-order valence-electron chi connectivity index (χ2n) is 9.21. The highest BCUT2D eigenvalue weighted by Gasteiger charge is 2.32. The molecule has 0 unspecified atom stereocenters. The number of carbonyl (C=O) groups excluding carboxylic acids is 1. The second-order valence-corrected chi connectivity index (χ2v) is 9.21. The van der Waals surface area contributed by atoms with Gasteiger partial charge in [-0.05, 0) is 20.8 Å². The number of amides is 1. The minimum atomic E-state index is -4.48. The van der Waals surface area contributed by atoms with Gasteiger partial charge in [0.25, 0.3) is 5.56 Å². The normalized spacial score (nSPS) is 15.1. The number of aryl methyl sites for hydroxylation is 1. The molecule has 194 valence electrons. The maximum Gasteiger partial charge on any atom is 0.419 e. The highest BCUT2D eigenvalue weighted by atomic mass is 19.4. The van der Waals surface area contributed by atoms with Crippen molar-refractivity contribution in [3.8, 4) is 0 Å². The number of nitrogens with one attached hydrogen (secondary N) is 1. The zero-order valence-electron chi connectivity index (χ0n) is 20.2. The van der Waals surface area contributed by atoms with Gasteiger partial charge >= 0.3 is 6.18 Å². The quantitative estimate of drug-likeness (QED) is 0.479. The van der Waals surface area contributed by atoms with Crippen LogP contribution in [0.2, 0.25) is 0 Å². The molecule has 36 heavy (non-hydrogen) atoms. The van der Waals surface area contributed by atoms with E-state index in [1.807, 2.05) is 13.8 Å². The number of piperazine rings is 1. The highest BCUT2D eigenvalue weighted by Crippen LogP contribution is 2.28. The smallest absolute Gasteiger partial charge is 0.378 e. The van der Waals surface area contributed by atoms with Crippen molar-refractivity contribution in [3.05, 3.63) is 40.2 Å². The van der Waals surface area contributed by atoms with E-state index in [0.29, 0.717) is 42.8 Å². The zero-order chi connectivity index (χ0) is 26.1. The van der Waals surface area contributed by atoms with Crippen LogP contribution in [0.25, 0.3) is 10.9 Å². The third kappa shape index (κ3) is 5.32. The van der Waals surface area contributed by atoms with Crippen molar-refractivity contribution in [2.75, 3.05) is 44.3 Å². The molecule has 0 spiro atoms. The number of hydrogen-bond acceptors (Lipinski definition) is 8. The lowest BCUT2D eigenvalue weighted by molar-refractivity contribution is -0.138. The summed E-state index contributed by atoms with van der Waals surface area (Å²) in [5.41, 5.74) is -0.584. The van der Waals surface area contributed by atoms with Crippen molar-refractivity contribution >= 4 is 22.8 Å². The number of aromatic amines is 1. The van der Waals surface area contributed by atoms with Gasteiger partial charge in [0.05, 0.1) is 53.5 Å². The van der Waals surface area contributed by atoms with Gasteiger partial charge in [-0.2, -0.15) is 23.4 Å². The predicted molar refractivity (Wildman–Crippen MR) is 123 cm³/mol. The molecular weight excluding hydrogens is 481 g/mol. The van der Waals surface area contributed by atoms with Crippen LogP contribution < -0.4 is 10.5 Å². The van der Waals surface area contributed by atoms with Crippen molar-refractivity contribution in [3.63, 3.8) is 0 Å². The maximum atomic E-state index is 12.7. The lowest BCUT2D eigenvalue weighted by Gasteiger charge is -2.34. The monoisotopic (exact) mass is 508 g/mol. The minimum Gasteiger partial charge on any atom is -0.378 e. The first-order chi connectivity index (χ1) is 17.0. The van der Waals surface area contributed by atoms with E-state index in [2.05, 4.69) is 25.3 Å². The van der Waals surface area contributed by atoms with E-state index < -0.39 is 17.3 Å². The fourth-order valence-corrected chi connectivity index (χ4v) is 4.10. The van der Waals surface area contributed by atoms with Gasteiger partial charge < -0.3 is 14.5 Å². The van der Waals surface area contributed by atoms with Crippen LogP contribution in [-0.2, 0) is 21.2 Å². The number of halogens is 3. The van der Waals surface area contributed by atoms with Crippen LogP contribution in [0.5, 0.6) is 0 Å². The molecule has 0 radical (unpaired) electrons. The van der Waals surface area contributed by atoms with E-state index in [0.717, 1.165) is 12.4 Å². The predicted octanol–water partition coefficient (Wildman–Crippen LogP) is 1.73. The van der Waals surface area contributed by atoms with E-state index in [9.17, 15) is 22.8 Å². The fourth-order valence-electron chi connectivity index (χ4n) is 4.10. The molecule has 1 saturated heterocycles. The standard InChI is InChI=1S/C22H27F3N8O3/c1-14-18-16(12-28-29-19(18)35)33(30-14)21(2,3)13-36-9-4-17(34)31-5-7-32(8-6-31)20-26-10-15(11-27-20)22(23,24)25/h10-12H,4-9,13H2,1-3H3,(H,29,35). The zero-order valence-corrected chi connectivity index (χ0v) is 20.2. The van der Waals surface area contributed by atoms with E-state index in [1.165, 1.54) is 0 Å². The number of fused-ring (bicyclic) bond motifs is 1. The Hall–Kier alpha value is -3.55. The molecule has 3 aromatic heterocycles. The van der Waals surface area contributed by atoms with Gasteiger partial charge in [0, 0.05) is 38.6 Å². The molecule has 1 N–H and O–H groups in total. The van der Waals surface area contributed by atoms with Gasteiger partial charge in [0.2, 0.25) is 11.9 Å². The van der Waals surface area contributed by atoms with Crippen LogP contribution >= 0.6 is 0 Å². The van der Waals surface area contributed by atoms with Crippen LogP contribution in [0.15, 0.2) is 23.4 Å². The minimum absolute atomic E-state index is 0.0723. The van der Waals surface area contributed by atoms with Crippen molar-refractivity contribution < 1.29 is 22.7 Å². The average Bonchev–Trinajstić information content (AvgIpc) is 3.20. The third-order valence-electron chi connectivity index (χ3n) is 6.05. The summed E-state index contributed by atoms with van der Waals surface area (Å²) in [6.45, 7) is 7.74. The molecule has 0 saturated carbocycles. The Morgan fingerprint density at radius 2 is 1.78 bits per heavy atom. The van der Waals surface area contributed by atoms with Gasteiger partial charge in [0.1, 0.15) is 0 Å². The van der Waals surface area contributed by atoms with Crippen molar-refractivity contribution in [1.82, 2.24) is 34.8 Å². The molecule has 4 rings (SSSR count). The molecule has 1 aliphatic heterocycles. The summed E-state index contributed by atoms with van der Waals surface area (Å²) >= 11 is 0. The molecule has 0 atom stereocenters. The molecule has 14 heteroatoms. The molecule has 1 aliphatic rings. The number of H-pyrrole nitrogens is 1. The lowest BCUT2D eigenvalue weighted by atomic mass is 10.1. The Labute approximate surface area is 204 Å². The molecular formula is C22H27F3N8O3. The van der Waals surface area contributed by atoms with E-state index >= 15 is 0 Å². The number of aromatic nitrogens is 6. The van der Waals surface area contributed by atoms with Crippen LogP contribution in [0.4, 0.5) is 19.1 Å². The average molecular weight is 509 g/mol. The summed E-state index contributed by atoms with van der Waals surface area (Å²) in [7, 11) is 0. The molecule has 0 bridgehead atoms. The van der Waals surface area contributed by atoms with E-state index in [-0.39, 0.29) is 37.0 Å². The van der Waals surface area contributed by atoms with Gasteiger partial charge in [0.15, 0.2) is 0 Å². The highest BCUT2D eigenvalue weighted by molar-refractivity contribution is 5.80. The topological polar surface area (TPSA) is 122 Å². The van der Waals surface area contributed by atoms with E-state index in [4.69, 9.17) is 4.74 Å². The summed E-state index contributed by atoms with van der Waals surface area (Å²) in [5, 5.41) is 11.2. The number of alkyl halides is 3. The molecule has 1 amide bonds. The SMILES string of the molecule is Cc1nn(C(C)(C)COCCC(=O)N2CCN(c3ncc(C(F)(F)F)cn3)CC2)c2cn[nH]c(=O)c12. The van der Waals surface area contributed by atoms with Gasteiger partial charge in [-0.15, -0.1) is 0 Å². The summed E-state index contributed by atoms with van der Waals surface area (Å²) < 4.78 is 45.6. The summed E-state index contributed by atoms with van der Waals surface area (Å²) in [5.74, 6) is 0.135. The Balaban J connectivity index is 1.25. The third-order valence-corrected chi connectivity index (χ3v) is 6.05. The molecule has 4 heterocycles. The fraction of sp³-hybridized carbons (Fsp3) is 0.545. The van der Waals surface area contributed by atoms with Crippen molar-refractivity contribution in [2.45, 2.75) is 38.9 Å². The number of rotatable bonds is 7. The molecule has 11 nitrogen and oxygen atoms in total. The first kappa shape index (κ1) is 25.5. The lowest BCUT2D eigenvalue weighted by Crippen LogP contribution is -2.49. The second kappa shape index (κ2) is 9.84. The number of ether oxygens (including phenoxy) is 1. The van der Waals surface area contributed by atoms with Crippen LogP contribution in [0.3, 0.4) is 0 Å². The first-order valence-electron chi connectivity index (χ1n) is 11.4. The largest absolute Gasteiger partial charge is 0.419 e. The Morgan fingerprint density at radius 3 is 2.42 bits per heavy atom. The van der Waals surface area contributed by atoms with Gasteiger partial charge in [-0.25, -0.2) is 15.1 Å². The maximum absolute atomic E-state index is 12.7. The Kier molecular flexibility index (Phi) is 6.98. The molecule has 1 fully saturated rings. The van der Waals surface area contributed by atoms with Crippen LogP contribution in [0, 0.1) is 6.92 Å². The molecule has 0 aromatic carbocycles. The van der Waals surface area contributed by atoms with Gasteiger partial charge in [-0.1, -0.05) is 0 Å². The summed E-state index contributed by atoms with van der Waals surface area (Å²) in [6.07, 6.45) is -1.21. The number of nitrogens with zero attached hydrogens (tertiary/aromatic N) is 7.